The van der Waals surface area contributed by atoms with Crippen molar-refractivity contribution in [3.8, 4) is 11.9 Å². The maximum Gasteiger partial charge on any atom is 0.282 e. The zero-order valence-corrected chi connectivity index (χ0v) is 26.3. The van der Waals surface area contributed by atoms with Gasteiger partial charge in [-0.3, -0.25) is 4.79 Å². The second-order valence-electron chi connectivity index (χ2n) is 12.3. The third-order valence-electron chi connectivity index (χ3n) is 9.36. The van der Waals surface area contributed by atoms with Gasteiger partial charge in [0, 0.05) is 54.4 Å². The van der Waals surface area contributed by atoms with Crippen LogP contribution in [0.4, 0.5) is 15.8 Å². The highest BCUT2D eigenvalue weighted by molar-refractivity contribution is 6.36. The molecular formula is C34H38ClFN6O2. The van der Waals surface area contributed by atoms with Crippen LogP contribution in [0.15, 0.2) is 48.8 Å². The topological polar surface area (TPSA) is 75.9 Å². The second kappa shape index (κ2) is 12.3. The van der Waals surface area contributed by atoms with Gasteiger partial charge >= 0.3 is 0 Å². The number of benzene rings is 2. The molecule has 0 aliphatic carbocycles. The number of carbonyl (C=O) groups excluding carboxylic acids is 1. The molecule has 6 rings (SSSR count). The summed E-state index contributed by atoms with van der Waals surface area (Å²) in [6.45, 7) is 10.7. The zero-order valence-electron chi connectivity index (χ0n) is 25.5. The Labute approximate surface area is 263 Å². The molecule has 4 heterocycles. The lowest BCUT2D eigenvalue weighted by Crippen LogP contribution is -2.59. The molecule has 0 N–H and O–H groups in total. The normalized spacial score (nSPS) is 22.2. The van der Waals surface area contributed by atoms with Crippen LogP contribution in [0, 0.1) is 11.3 Å². The molecule has 3 aliphatic rings. The largest absolute Gasteiger partial charge is 0.475 e. The van der Waals surface area contributed by atoms with Crippen molar-refractivity contribution in [1.29, 1.82) is 5.26 Å². The number of nitrogens with zero attached hydrogens (tertiary/aromatic N) is 6. The van der Waals surface area contributed by atoms with Gasteiger partial charge in [-0.25, -0.2) is 9.37 Å². The number of hydrogen-bond acceptors (Lipinski definition) is 7. The highest BCUT2D eigenvalue weighted by atomic mass is 35.5. The van der Waals surface area contributed by atoms with Crippen LogP contribution in [0.5, 0.6) is 5.88 Å². The van der Waals surface area contributed by atoms with Crippen LogP contribution < -0.4 is 14.5 Å². The van der Waals surface area contributed by atoms with E-state index >= 15 is 0 Å². The first-order valence-electron chi connectivity index (χ1n) is 15.3. The summed E-state index contributed by atoms with van der Waals surface area (Å²) in [6, 6.07) is 14.3. The minimum Gasteiger partial charge on any atom is -0.475 e. The van der Waals surface area contributed by atoms with E-state index in [9.17, 15) is 14.4 Å². The van der Waals surface area contributed by atoms with Crippen LogP contribution in [0.3, 0.4) is 0 Å². The van der Waals surface area contributed by atoms with Crippen molar-refractivity contribution in [3.63, 3.8) is 0 Å². The van der Waals surface area contributed by atoms with E-state index in [2.05, 4.69) is 52.6 Å². The Hall–Kier alpha value is -3.87. The smallest absolute Gasteiger partial charge is 0.282 e. The number of halogens is 2. The SMILES string of the molecule is C=C(F)C(=O)N1[C@H](C)CN(c2c(C#N)c(OCC3CCCN3C)nc3c2CCN(c2cccc4cccc(Cl)c24)C3)C[C@@H]1C. The summed E-state index contributed by atoms with van der Waals surface area (Å²) in [6.07, 6.45) is 2.82. The number of likely N-dealkylation sites (tertiary alicyclic amines) is 1. The standard InChI is InChI=1S/C34H38ClFN6O2/c1-21-17-41(18-22(2)42(21)34(43)23(3)36)32-26-13-15-40(30-12-6-9-24-8-5-11-28(35)31(24)30)19-29(26)38-33(27(32)16-37)44-20-25-10-7-14-39(25)4/h5-6,8-9,11-12,21-22,25H,3,7,10,13-15,17-20H2,1-2,4H3/t21-,22+,25?. The minimum atomic E-state index is -0.961. The number of pyridine rings is 1. The van der Waals surface area contributed by atoms with Crippen molar-refractivity contribution in [2.24, 2.45) is 0 Å². The van der Waals surface area contributed by atoms with Gasteiger partial charge in [-0.1, -0.05) is 42.4 Å². The number of piperazine rings is 1. The predicted octanol–water partition coefficient (Wildman–Crippen LogP) is 5.70. The second-order valence-corrected chi connectivity index (χ2v) is 12.7. The van der Waals surface area contributed by atoms with Crippen molar-refractivity contribution in [2.75, 3.05) is 49.6 Å². The first-order valence-corrected chi connectivity index (χ1v) is 15.7. The van der Waals surface area contributed by atoms with Gasteiger partial charge in [0.15, 0.2) is 5.83 Å². The molecule has 3 atom stereocenters. The van der Waals surface area contributed by atoms with Gasteiger partial charge < -0.3 is 24.3 Å². The molecule has 1 amide bonds. The van der Waals surface area contributed by atoms with Crippen LogP contribution in [-0.2, 0) is 17.8 Å². The van der Waals surface area contributed by atoms with E-state index in [0.717, 1.165) is 59.3 Å². The summed E-state index contributed by atoms with van der Waals surface area (Å²) in [5.41, 5.74) is 4.15. The molecule has 1 aromatic heterocycles. The Morgan fingerprint density at radius 2 is 1.89 bits per heavy atom. The van der Waals surface area contributed by atoms with Crippen molar-refractivity contribution in [3.05, 3.63) is 70.6 Å². The van der Waals surface area contributed by atoms with Gasteiger partial charge in [0.1, 0.15) is 18.2 Å². The van der Waals surface area contributed by atoms with E-state index in [0.29, 0.717) is 49.1 Å². The molecule has 8 nitrogen and oxygen atoms in total. The third-order valence-corrected chi connectivity index (χ3v) is 9.68. The maximum atomic E-state index is 13.9. The predicted molar refractivity (Wildman–Crippen MR) is 172 cm³/mol. The van der Waals surface area contributed by atoms with Gasteiger partial charge in [0.2, 0.25) is 5.88 Å². The summed E-state index contributed by atoms with van der Waals surface area (Å²) in [7, 11) is 2.10. The van der Waals surface area contributed by atoms with E-state index in [1.54, 1.807) is 4.90 Å². The Bertz CT molecular complexity index is 1640. The maximum absolute atomic E-state index is 13.9. The molecular weight excluding hydrogens is 579 g/mol. The molecule has 44 heavy (non-hydrogen) atoms. The molecule has 10 heteroatoms. The van der Waals surface area contributed by atoms with E-state index in [-0.39, 0.29) is 18.1 Å². The molecule has 0 bridgehead atoms. The fraction of sp³-hybridized carbons (Fsp3) is 0.441. The Balaban J connectivity index is 1.40. The molecule has 0 spiro atoms. The number of aromatic nitrogens is 1. The van der Waals surface area contributed by atoms with E-state index < -0.39 is 11.7 Å². The van der Waals surface area contributed by atoms with Crippen molar-refractivity contribution >= 4 is 39.7 Å². The first-order chi connectivity index (χ1) is 21.2. The molecule has 230 valence electrons. The van der Waals surface area contributed by atoms with Gasteiger partial charge in [0.05, 0.1) is 22.9 Å². The van der Waals surface area contributed by atoms with Gasteiger partial charge in [-0.2, -0.15) is 5.26 Å². The fourth-order valence-corrected chi connectivity index (χ4v) is 7.52. The average Bonchev–Trinajstić information content (AvgIpc) is 3.42. The van der Waals surface area contributed by atoms with Crippen LogP contribution in [0.25, 0.3) is 10.8 Å². The Morgan fingerprint density at radius 1 is 1.16 bits per heavy atom. The number of anilines is 2. The number of likely N-dealkylation sites (N-methyl/N-ethyl adjacent to an activating group) is 1. The van der Waals surface area contributed by atoms with Crippen LogP contribution in [-0.4, -0.2) is 78.7 Å². The fourth-order valence-electron chi connectivity index (χ4n) is 7.25. The lowest BCUT2D eigenvalue weighted by molar-refractivity contribution is -0.133. The number of carbonyl (C=O) groups is 1. The molecule has 0 saturated carbocycles. The summed E-state index contributed by atoms with van der Waals surface area (Å²) >= 11 is 6.70. The molecule has 3 aliphatic heterocycles. The number of amides is 1. The highest BCUT2D eigenvalue weighted by Gasteiger charge is 2.38. The Morgan fingerprint density at radius 3 is 2.55 bits per heavy atom. The van der Waals surface area contributed by atoms with Crippen LogP contribution >= 0.6 is 11.6 Å². The van der Waals surface area contributed by atoms with Crippen molar-refractivity contribution in [1.82, 2.24) is 14.8 Å². The first kappa shape index (κ1) is 30.2. The number of rotatable bonds is 6. The molecule has 3 aromatic rings. The van der Waals surface area contributed by atoms with E-state index in [4.69, 9.17) is 21.3 Å². The number of fused-ring (bicyclic) bond motifs is 2. The van der Waals surface area contributed by atoms with E-state index in [1.165, 1.54) is 0 Å². The molecule has 0 radical (unpaired) electrons. The molecule has 2 saturated heterocycles. The lowest BCUT2D eigenvalue weighted by atomic mass is 9.96. The third kappa shape index (κ3) is 5.46. The quantitative estimate of drug-likeness (QED) is 0.329. The van der Waals surface area contributed by atoms with Crippen molar-refractivity contribution in [2.45, 2.75) is 57.8 Å². The lowest BCUT2D eigenvalue weighted by Gasteiger charge is -2.46. The highest BCUT2D eigenvalue weighted by Crippen LogP contribution is 2.41. The number of ether oxygens (including phenoxy) is 1. The number of nitriles is 1. The average molecular weight is 617 g/mol. The summed E-state index contributed by atoms with van der Waals surface area (Å²) in [5.74, 6) is -1.30. The van der Waals surface area contributed by atoms with Crippen LogP contribution in [0.2, 0.25) is 5.02 Å². The molecule has 2 fully saturated rings. The van der Waals surface area contributed by atoms with Crippen LogP contribution in [0.1, 0.15) is 43.5 Å². The summed E-state index contributed by atoms with van der Waals surface area (Å²) < 4.78 is 20.3. The molecule has 1 unspecified atom stereocenters. The van der Waals surface area contributed by atoms with Gasteiger partial charge in [-0.05, 0) is 64.2 Å². The van der Waals surface area contributed by atoms with Gasteiger partial charge in [0.25, 0.3) is 5.91 Å². The van der Waals surface area contributed by atoms with E-state index in [1.807, 2.05) is 32.0 Å². The number of hydrogen-bond donors (Lipinski definition) is 0. The van der Waals surface area contributed by atoms with Crippen molar-refractivity contribution < 1.29 is 13.9 Å². The monoisotopic (exact) mass is 616 g/mol. The molecule has 2 aromatic carbocycles. The summed E-state index contributed by atoms with van der Waals surface area (Å²) in [4.78, 5) is 25.9. The summed E-state index contributed by atoms with van der Waals surface area (Å²) in [5, 5.41) is 13.3. The minimum absolute atomic E-state index is 0.264. The van der Waals surface area contributed by atoms with Gasteiger partial charge in [-0.15, -0.1) is 0 Å². The zero-order chi connectivity index (χ0) is 31.1. The Kier molecular flexibility index (Phi) is 8.40.